The average Bonchev–Trinajstić information content (AvgIpc) is 3.37. The number of carbonyl (C=O) groups excluding carboxylic acids is 1. The Morgan fingerprint density at radius 1 is 1.25 bits per heavy atom. The second kappa shape index (κ2) is 9.21. The molecule has 1 aliphatic rings. The number of thioether (sulfide) groups is 1. The van der Waals surface area contributed by atoms with Gasteiger partial charge in [-0.2, -0.15) is 0 Å². The van der Waals surface area contributed by atoms with E-state index in [-0.39, 0.29) is 29.2 Å². The van der Waals surface area contributed by atoms with E-state index in [1.165, 1.54) is 16.7 Å². The van der Waals surface area contributed by atoms with Crippen LogP contribution in [0.5, 0.6) is 0 Å². The predicted molar refractivity (Wildman–Crippen MR) is 125 cm³/mol. The number of aromatic nitrogens is 4. The first kappa shape index (κ1) is 22.8. The van der Waals surface area contributed by atoms with Crippen molar-refractivity contribution in [1.82, 2.24) is 24.6 Å². The summed E-state index contributed by atoms with van der Waals surface area (Å²) < 4.78 is 25.4. The van der Waals surface area contributed by atoms with Gasteiger partial charge in [-0.15, -0.1) is 10.2 Å². The van der Waals surface area contributed by atoms with Gasteiger partial charge < -0.3 is 4.90 Å². The maximum atomic E-state index is 12.8. The molecule has 0 spiro atoms. The molecular weight excluding hydrogens is 470 g/mol. The van der Waals surface area contributed by atoms with Crippen molar-refractivity contribution in [2.45, 2.75) is 24.5 Å². The van der Waals surface area contributed by atoms with Gasteiger partial charge in [0.1, 0.15) is 0 Å². The van der Waals surface area contributed by atoms with Gasteiger partial charge in [-0.1, -0.05) is 29.4 Å². The summed E-state index contributed by atoms with van der Waals surface area (Å²) >= 11 is 7.62. The van der Waals surface area contributed by atoms with Crippen LogP contribution < -0.4 is 0 Å². The fraction of sp³-hybridized carbons (Fsp3) is 0.333. The van der Waals surface area contributed by atoms with Gasteiger partial charge in [0.05, 0.1) is 22.9 Å². The zero-order chi connectivity index (χ0) is 22.9. The molecule has 8 nitrogen and oxygen atoms in total. The monoisotopic (exact) mass is 491 g/mol. The minimum absolute atomic E-state index is 0.0178. The molecule has 1 atom stereocenters. The molecular formula is C21H22ClN5O3S2. The Morgan fingerprint density at radius 3 is 2.69 bits per heavy atom. The Kier molecular flexibility index (Phi) is 6.55. The SMILES string of the molecule is Cc1c(Cl)cccc1-n1c(SCC(=O)N(C)[C@@H]2CCS(=O)(=O)C2)nnc1-c1ccncc1. The Bertz CT molecular complexity index is 1250. The summed E-state index contributed by atoms with van der Waals surface area (Å²) in [5.74, 6) is 0.716. The first-order chi connectivity index (χ1) is 15.3. The number of benzene rings is 1. The summed E-state index contributed by atoms with van der Waals surface area (Å²) in [6, 6.07) is 9.00. The van der Waals surface area contributed by atoms with Crippen LogP contribution in [0, 0.1) is 6.92 Å². The summed E-state index contributed by atoms with van der Waals surface area (Å²) in [4.78, 5) is 18.4. The van der Waals surface area contributed by atoms with Gasteiger partial charge in [0.2, 0.25) is 5.91 Å². The van der Waals surface area contributed by atoms with Crippen molar-refractivity contribution < 1.29 is 13.2 Å². The molecule has 32 heavy (non-hydrogen) atoms. The number of rotatable bonds is 6. The standard InChI is InChI=1S/C21H22ClN5O3S2/c1-14-17(22)4-3-5-18(14)27-20(15-6-9-23-10-7-15)24-25-21(27)31-12-19(28)26(2)16-8-11-32(29,30)13-16/h3-7,9-10,16H,8,11-13H2,1-2H3/t16-/m1/s1. The number of halogens is 1. The van der Waals surface area contributed by atoms with Gasteiger partial charge in [-0.05, 0) is 43.2 Å². The highest BCUT2D eigenvalue weighted by Gasteiger charge is 2.32. The lowest BCUT2D eigenvalue weighted by Gasteiger charge is -2.23. The van der Waals surface area contributed by atoms with Crippen LogP contribution in [0.25, 0.3) is 17.1 Å². The van der Waals surface area contributed by atoms with Crippen LogP contribution in [0.1, 0.15) is 12.0 Å². The summed E-state index contributed by atoms with van der Waals surface area (Å²) in [6.07, 6.45) is 3.83. The van der Waals surface area contributed by atoms with Crippen molar-refractivity contribution >= 4 is 39.1 Å². The molecule has 1 aliphatic heterocycles. The lowest BCUT2D eigenvalue weighted by Crippen LogP contribution is -2.38. The number of hydrogen-bond acceptors (Lipinski definition) is 7. The lowest BCUT2D eigenvalue weighted by molar-refractivity contribution is -0.128. The van der Waals surface area contributed by atoms with E-state index in [2.05, 4.69) is 15.2 Å². The molecule has 168 valence electrons. The maximum Gasteiger partial charge on any atom is 0.233 e. The zero-order valence-electron chi connectivity index (χ0n) is 17.6. The first-order valence-corrected chi connectivity index (χ1v) is 13.2. The van der Waals surface area contributed by atoms with Gasteiger partial charge in [-0.25, -0.2) is 8.42 Å². The lowest BCUT2D eigenvalue weighted by atomic mass is 10.2. The van der Waals surface area contributed by atoms with Crippen LogP contribution in [-0.4, -0.2) is 69.3 Å². The highest BCUT2D eigenvalue weighted by Crippen LogP contribution is 2.31. The third-order valence-corrected chi connectivity index (χ3v) is 8.60. The largest absolute Gasteiger partial charge is 0.341 e. The molecule has 11 heteroatoms. The second-order valence-corrected chi connectivity index (χ2v) is 11.2. The normalized spacial score (nSPS) is 17.4. The summed E-state index contributed by atoms with van der Waals surface area (Å²) in [5, 5.41) is 9.87. The molecule has 0 bridgehead atoms. The van der Waals surface area contributed by atoms with E-state index >= 15 is 0 Å². The van der Waals surface area contributed by atoms with E-state index < -0.39 is 9.84 Å². The Morgan fingerprint density at radius 2 is 2.00 bits per heavy atom. The molecule has 4 rings (SSSR count). The van der Waals surface area contributed by atoms with Crippen LogP contribution in [0.15, 0.2) is 47.9 Å². The van der Waals surface area contributed by atoms with Crippen molar-refractivity contribution in [1.29, 1.82) is 0 Å². The van der Waals surface area contributed by atoms with Crippen LogP contribution in [0.3, 0.4) is 0 Å². The predicted octanol–water partition coefficient (Wildman–Crippen LogP) is 3.03. The topological polar surface area (TPSA) is 98.1 Å². The number of sulfone groups is 1. The molecule has 0 radical (unpaired) electrons. The molecule has 1 aromatic carbocycles. The summed E-state index contributed by atoms with van der Waals surface area (Å²) in [7, 11) is -1.41. The smallest absolute Gasteiger partial charge is 0.233 e. The second-order valence-electron chi connectivity index (χ2n) is 7.61. The number of carbonyl (C=O) groups is 1. The van der Waals surface area contributed by atoms with Gasteiger partial charge in [0.15, 0.2) is 20.8 Å². The molecule has 1 amide bonds. The highest BCUT2D eigenvalue weighted by molar-refractivity contribution is 7.99. The fourth-order valence-corrected chi connectivity index (χ4v) is 6.43. The number of hydrogen-bond donors (Lipinski definition) is 0. The van der Waals surface area contributed by atoms with Gasteiger partial charge in [-0.3, -0.25) is 14.3 Å². The van der Waals surface area contributed by atoms with Crippen LogP contribution in [0.2, 0.25) is 5.02 Å². The molecule has 0 aliphatic carbocycles. The molecule has 1 fully saturated rings. The third-order valence-electron chi connectivity index (χ3n) is 5.53. The molecule has 3 heterocycles. The van der Waals surface area contributed by atoms with Gasteiger partial charge in [0.25, 0.3) is 0 Å². The molecule has 0 unspecified atom stereocenters. The van der Waals surface area contributed by atoms with E-state index in [1.54, 1.807) is 19.4 Å². The molecule has 3 aromatic rings. The van der Waals surface area contributed by atoms with Crippen molar-refractivity contribution in [2.75, 3.05) is 24.3 Å². The fourth-order valence-electron chi connectivity index (χ4n) is 3.62. The van der Waals surface area contributed by atoms with E-state index in [9.17, 15) is 13.2 Å². The number of amides is 1. The third kappa shape index (κ3) is 4.67. The Hall–Kier alpha value is -2.43. The van der Waals surface area contributed by atoms with Crippen LogP contribution in [0.4, 0.5) is 0 Å². The molecule has 2 aromatic heterocycles. The number of nitrogens with zero attached hydrogens (tertiary/aromatic N) is 5. The minimum Gasteiger partial charge on any atom is -0.341 e. The van der Waals surface area contributed by atoms with Crippen LogP contribution in [-0.2, 0) is 14.6 Å². The average molecular weight is 492 g/mol. The first-order valence-electron chi connectivity index (χ1n) is 9.97. The quantitative estimate of drug-likeness (QED) is 0.489. The van der Waals surface area contributed by atoms with Gasteiger partial charge >= 0.3 is 0 Å². The highest BCUT2D eigenvalue weighted by atomic mass is 35.5. The Balaban J connectivity index is 1.62. The van der Waals surface area contributed by atoms with Crippen molar-refractivity contribution in [3.05, 3.63) is 53.3 Å². The van der Waals surface area contributed by atoms with Crippen molar-refractivity contribution in [3.63, 3.8) is 0 Å². The van der Waals surface area contributed by atoms with Gasteiger partial charge in [0, 0.05) is 36.1 Å². The Labute approximate surface area is 195 Å². The molecule has 1 saturated heterocycles. The van der Waals surface area contributed by atoms with Crippen molar-refractivity contribution in [2.24, 2.45) is 0 Å². The van der Waals surface area contributed by atoms with E-state index in [1.807, 2.05) is 41.8 Å². The summed E-state index contributed by atoms with van der Waals surface area (Å²) in [6.45, 7) is 1.92. The number of pyridine rings is 1. The van der Waals surface area contributed by atoms with E-state index in [0.29, 0.717) is 22.4 Å². The maximum absolute atomic E-state index is 12.8. The molecule has 0 saturated carbocycles. The zero-order valence-corrected chi connectivity index (χ0v) is 20.0. The molecule has 0 N–H and O–H groups in total. The van der Waals surface area contributed by atoms with E-state index in [0.717, 1.165) is 16.8 Å². The van der Waals surface area contributed by atoms with E-state index in [4.69, 9.17) is 11.6 Å². The van der Waals surface area contributed by atoms with Crippen LogP contribution >= 0.6 is 23.4 Å². The summed E-state index contributed by atoms with van der Waals surface area (Å²) in [5.41, 5.74) is 2.52. The van der Waals surface area contributed by atoms with Crippen molar-refractivity contribution in [3.8, 4) is 17.1 Å². The minimum atomic E-state index is -3.06.